The standard InChI is InChI=1S/C14H15NO2/c1-17-14(16)13(15)9-10-6-7-11-4-2-3-5-12(11)8-10/h2-8,13H,9,15H2,1H3/p+1/t13-/m1/s1. The number of ether oxygens (including phenoxy) is 1. The van der Waals surface area contributed by atoms with Gasteiger partial charge in [0.05, 0.1) is 7.11 Å². The van der Waals surface area contributed by atoms with Crippen molar-refractivity contribution < 1.29 is 15.3 Å². The first-order valence-electron chi connectivity index (χ1n) is 5.59. The molecular formula is C14H16NO2+. The molecule has 0 bridgehead atoms. The molecule has 2 aromatic rings. The van der Waals surface area contributed by atoms with E-state index in [4.69, 9.17) is 0 Å². The van der Waals surface area contributed by atoms with E-state index >= 15 is 0 Å². The zero-order valence-electron chi connectivity index (χ0n) is 9.85. The van der Waals surface area contributed by atoms with Crippen LogP contribution in [0.1, 0.15) is 5.56 Å². The molecule has 0 aliphatic carbocycles. The van der Waals surface area contributed by atoms with E-state index in [2.05, 4.69) is 34.7 Å². The van der Waals surface area contributed by atoms with Gasteiger partial charge in [-0.15, -0.1) is 0 Å². The summed E-state index contributed by atoms with van der Waals surface area (Å²) in [4.78, 5) is 11.3. The molecule has 3 N–H and O–H groups in total. The van der Waals surface area contributed by atoms with Crippen molar-refractivity contribution in [3.63, 3.8) is 0 Å². The van der Waals surface area contributed by atoms with Gasteiger partial charge in [-0.25, -0.2) is 4.79 Å². The van der Waals surface area contributed by atoms with Crippen LogP contribution in [-0.4, -0.2) is 19.1 Å². The number of quaternary nitrogens is 1. The lowest BCUT2D eigenvalue weighted by Gasteiger charge is -2.07. The molecule has 3 nitrogen and oxygen atoms in total. The van der Waals surface area contributed by atoms with Crippen LogP contribution < -0.4 is 5.73 Å². The molecule has 0 aliphatic heterocycles. The van der Waals surface area contributed by atoms with Gasteiger partial charge in [0.15, 0.2) is 6.04 Å². The first-order chi connectivity index (χ1) is 8.20. The Morgan fingerprint density at radius 3 is 2.65 bits per heavy atom. The molecule has 17 heavy (non-hydrogen) atoms. The summed E-state index contributed by atoms with van der Waals surface area (Å²) in [6.07, 6.45) is 0.609. The zero-order chi connectivity index (χ0) is 12.3. The molecule has 0 heterocycles. The van der Waals surface area contributed by atoms with Crippen LogP contribution in [0.5, 0.6) is 0 Å². The lowest BCUT2D eigenvalue weighted by molar-refractivity contribution is -0.407. The maximum absolute atomic E-state index is 11.3. The number of fused-ring (bicyclic) bond motifs is 1. The fourth-order valence-electron chi connectivity index (χ4n) is 1.90. The molecule has 2 rings (SSSR count). The summed E-state index contributed by atoms with van der Waals surface area (Å²) in [5, 5.41) is 2.39. The summed E-state index contributed by atoms with van der Waals surface area (Å²) in [5.41, 5.74) is 4.92. The number of benzene rings is 2. The predicted octanol–water partition coefficient (Wildman–Crippen LogP) is 1.17. The van der Waals surface area contributed by atoms with Gasteiger partial charge in [0.2, 0.25) is 0 Å². The minimum absolute atomic E-state index is 0.266. The smallest absolute Gasteiger partial charge is 0.364 e. The van der Waals surface area contributed by atoms with E-state index in [1.807, 2.05) is 18.2 Å². The number of methoxy groups -OCH3 is 1. The van der Waals surface area contributed by atoms with Gasteiger partial charge in [-0.3, -0.25) is 0 Å². The lowest BCUT2D eigenvalue weighted by Crippen LogP contribution is -2.66. The van der Waals surface area contributed by atoms with Crippen molar-refractivity contribution in [2.24, 2.45) is 0 Å². The quantitative estimate of drug-likeness (QED) is 0.805. The van der Waals surface area contributed by atoms with E-state index in [1.165, 1.54) is 17.9 Å². The van der Waals surface area contributed by atoms with Crippen LogP contribution in [0.2, 0.25) is 0 Å². The van der Waals surface area contributed by atoms with Gasteiger partial charge in [0.1, 0.15) is 0 Å². The lowest BCUT2D eigenvalue weighted by atomic mass is 10.0. The Balaban J connectivity index is 2.22. The molecule has 0 spiro atoms. The summed E-state index contributed by atoms with van der Waals surface area (Å²) in [6, 6.07) is 14.0. The summed E-state index contributed by atoms with van der Waals surface area (Å²) in [7, 11) is 1.39. The monoisotopic (exact) mass is 230 g/mol. The highest BCUT2D eigenvalue weighted by Crippen LogP contribution is 2.16. The Morgan fingerprint density at radius 2 is 1.94 bits per heavy atom. The summed E-state index contributed by atoms with van der Waals surface area (Å²) < 4.78 is 4.67. The fourth-order valence-corrected chi connectivity index (χ4v) is 1.90. The zero-order valence-corrected chi connectivity index (χ0v) is 9.85. The minimum atomic E-state index is -0.346. The molecule has 0 saturated carbocycles. The largest absolute Gasteiger partial charge is 0.465 e. The number of hydrogen-bond donors (Lipinski definition) is 1. The van der Waals surface area contributed by atoms with Crippen LogP contribution >= 0.6 is 0 Å². The topological polar surface area (TPSA) is 53.9 Å². The Bertz CT molecular complexity index is 536. The average Bonchev–Trinajstić information content (AvgIpc) is 2.37. The summed E-state index contributed by atoms with van der Waals surface area (Å²) in [5.74, 6) is -0.266. The van der Waals surface area contributed by atoms with Gasteiger partial charge in [0.25, 0.3) is 0 Å². The predicted molar refractivity (Wildman–Crippen MR) is 66.3 cm³/mol. The molecular weight excluding hydrogens is 214 g/mol. The highest BCUT2D eigenvalue weighted by atomic mass is 16.5. The third-order valence-electron chi connectivity index (χ3n) is 2.83. The van der Waals surface area contributed by atoms with Crippen LogP contribution in [0.15, 0.2) is 42.5 Å². The van der Waals surface area contributed by atoms with Crippen molar-refractivity contribution in [3.05, 3.63) is 48.0 Å². The van der Waals surface area contributed by atoms with Gasteiger partial charge in [-0.05, 0) is 16.3 Å². The molecule has 88 valence electrons. The average molecular weight is 230 g/mol. The summed E-state index contributed by atoms with van der Waals surface area (Å²) >= 11 is 0. The fraction of sp³-hybridized carbons (Fsp3) is 0.214. The van der Waals surface area contributed by atoms with E-state index in [0.29, 0.717) is 6.42 Å². The Kier molecular flexibility index (Phi) is 3.40. The van der Waals surface area contributed by atoms with Crippen LogP contribution in [0.4, 0.5) is 0 Å². The normalized spacial score (nSPS) is 12.4. The van der Waals surface area contributed by atoms with E-state index < -0.39 is 0 Å². The molecule has 0 unspecified atom stereocenters. The summed E-state index contributed by atoms with van der Waals surface area (Å²) in [6.45, 7) is 0. The number of hydrogen-bond acceptors (Lipinski definition) is 2. The first-order valence-corrected chi connectivity index (χ1v) is 5.59. The second-order valence-corrected chi connectivity index (χ2v) is 4.11. The number of esters is 1. The second-order valence-electron chi connectivity index (χ2n) is 4.11. The molecule has 0 aliphatic rings. The second kappa shape index (κ2) is 4.97. The highest BCUT2D eigenvalue weighted by Gasteiger charge is 2.17. The minimum Gasteiger partial charge on any atom is -0.465 e. The van der Waals surface area contributed by atoms with Crippen molar-refractivity contribution in [1.29, 1.82) is 0 Å². The molecule has 0 radical (unpaired) electrons. The van der Waals surface area contributed by atoms with Gasteiger partial charge in [-0.2, -0.15) is 0 Å². The number of carbonyl (C=O) groups is 1. The van der Waals surface area contributed by atoms with Crippen molar-refractivity contribution >= 4 is 16.7 Å². The maximum Gasteiger partial charge on any atom is 0.364 e. The Hall–Kier alpha value is -1.87. The number of rotatable bonds is 3. The van der Waals surface area contributed by atoms with Crippen molar-refractivity contribution in [1.82, 2.24) is 0 Å². The van der Waals surface area contributed by atoms with Gasteiger partial charge >= 0.3 is 5.97 Å². The first kappa shape index (κ1) is 11.6. The SMILES string of the molecule is COC(=O)[C@H]([NH3+])Cc1ccc2ccccc2c1. The van der Waals surface area contributed by atoms with E-state index in [0.717, 1.165) is 5.56 Å². The third kappa shape index (κ3) is 2.63. The molecule has 0 amide bonds. The van der Waals surface area contributed by atoms with Crippen LogP contribution in [0.25, 0.3) is 10.8 Å². The Morgan fingerprint density at radius 1 is 1.24 bits per heavy atom. The van der Waals surface area contributed by atoms with Crippen LogP contribution in [-0.2, 0) is 16.0 Å². The molecule has 1 atom stereocenters. The van der Waals surface area contributed by atoms with E-state index in [1.54, 1.807) is 0 Å². The van der Waals surface area contributed by atoms with E-state index in [9.17, 15) is 4.79 Å². The number of carbonyl (C=O) groups excluding carboxylic acids is 1. The highest BCUT2D eigenvalue weighted by molar-refractivity contribution is 5.83. The van der Waals surface area contributed by atoms with Crippen molar-refractivity contribution in [3.8, 4) is 0 Å². The maximum atomic E-state index is 11.3. The van der Waals surface area contributed by atoms with Crippen LogP contribution in [0.3, 0.4) is 0 Å². The van der Waals surface area contributed by atoms with Crippen molar-refractivity contribution in [2.45, 2.75) is 12.5 Å². The van der Waals surface area contributed by atoms with Gasteiger partial charge in [-0.1, -0.05) is 42.5 Å². The molecule has 0 aromatic heterocycles. The molecule has 0 fully saturated rings. The molecule has 3 heteroatoms. The third-order valence-corrected chi connectivity index (χ3v) is 2.83. The van der Waals surface area contributed by atoms with Crippen LogP contribution in [0, 0.1) is 0 Å². The van der Waals surface area contributed by atoms with E-state index in [-0.39, 0.29) is 12.0 Å². The van der Waals surface area contributed by atoms with Gasteiger partial charge in [0, 0.05) is 6.42 Å². The van der Waals surface area contributed by atoms with Crippen molar-refractivity contribution in [2.75, 3.05) is 7.11 Å². The Labute approximate surface area is 100 Å². The molecule has 2 aromatic carbocycles. The van der Waals surface area contributed by atoms with Gasteiger partial charge < -0.3 is 10.5 Å². The molecule has 0 saturated heterocycles.